The molecule has 0 radical (unpaired) electrons. The van der Waals surface area contributed by atoms with Crippen LogP contribution in [-0.4, -0.2) is 280 Å². The van der Waals surface area contributed by atoms with Gasteiger partial charge in [0.1, 0.15) is 116 Å². The summed E-state index contributed by atoms with van der Waals surface area (Å²) in [5, 5.41) is 178. The minimum Gasteiger partial charge on any atom is -0.394 e. The van der Waals surface area contributed by atoms with E-state index in [1.54, 1.807) is 0 Å². The van der Waals surface area contributed by atoms with Crippen molar-refractivity contribution in [1.29, 1.82) is 0 Å². The first kappa shape index (κ1) is 50.1. The molecule has 27 heteroatoms. The lowest BCUT2D eigenvalue weighted by atomic mass is 9.96. The average molecular weight is 872 g/mol. The Labute approximate surface area is 334 Å². The van der Waals surface area contributed by atoms with E-state index in [0.29, 0.717) is 0 Å². The Kier molecular flexibility index (Phi) is 18.9. The molecule has 1 amide bonds. The zero-order chi connectivity index (χ0) is 44.0. The van der Waals surface area contributed by atoms with Gasteiger partial charge in [0.15, 0.2) is 25.2 Å². The van der Waals surface area contributed by atoms with Crippen LogP contribution in [0, 0.1) is 0 Å². The van der Waals surface area contributed by atoms with Crippen LogP contribution in [0.25, 0.3) is 0 Å². The quantitative estimate of drug-likeness (QED) is 0.0608. The maximum atomic E-state index is 11.6. The minimum absolute atomic E-state index is 0.715. The van der Waals surface area contributed by atoms with E-state index in [1.165, 1.54) is 0 Å². The molecule has 0 saturated carbocycles. The summed E-state index contributed by atoms with van der Waals surface area (Å²) in [6.45, 7) is -4.29. The van der Waals surface area contributed by atoms with Crippen molar-refractivity contribution >= 4 is 5.91 Å². The van der Waals surface area contributed by atoms with Crippen LogP contribution in [0.1, 0.15) is 6.92 Å². The van der Waals surface area contributed by atoms with E-state index in [1.807, 2.05) is 0 Å². The van der Waals surface area contributed by atoms with Crippen molar-refractivity contribution in [2.75, 3.05) is 39.6 Å². The van der Waals surface area contributed by atoms with Crippen molar-refractivity contribution in [1.82, 2.24) is 5.32 Å². The fourth-order valence-corrected chi connectivity index (χ4v) is 6.81. The number of aliphatic hydroxyl groups excluding tert-OH is 17. The second kappa shape index (κ2) is 22.2. The molecule has 4 heterocycles. The number of rotatable bonds is 18. The van der Waals surface area contributed by atoms with Crippen molar-refractivity contribution in [2.45, 2.75) is 154 Å². The van der Waals surface area contributed by atoms with Gasteiger partial charge in [0, 0.05) is 6.92 Å². The van der Waals surface area contributed by atoms with Gasteiger partial charge in [-0.15, -0.1) is 0 Å². The summed E-state index contributed by atoms with van der Waals surface area (Å²) in [5.74, 6) is -0.715. The minimum atomic E-state index is -2.11. The number of carbonyl (C=O) groups is 1. The lowest BCUT2D eigenvalue weighted by Gasteiger charge is -2.47. The first-order valence-electron chi connectivity index (χ1n) is 18.5. The van der Waals surface area contributed by atoms with Gasteiger partial charge in [0.05, 0.1) is 45.7 Å². The van der Waals surface area contributed by atoms with E-state index >= 15 is 0 Å². The normalized spacial score (nSPS) is 45.3. The maximum absolute atomic E-state index is 11.6. The molecule has 59 heavy (non-hydrogen) atoms. The molecule has 18 N–H and O–H groups in total. The molecule has 0 aromatic carbocycles. The van der Waals surface area contributed by atoms with Gasteiger partial charge in [0.25, 0.3) is 0 Å². The van der Waals surface area contributed by atoms with Crippen molar-refractivity contribution in [3.05, 3.63) is 0 Å². The van der Waals surface area contributed by atoms with Gasteiger partial charge < -0.3 is 130 Å². The summed E-state index contributed by atoms with van der Waals surface area (Å²) in [7, 11) is 0. The van der Waals surface area contributed by atoms with Gasteiger partial charge in [0.2, 0.25) is 5.91 Å². The first-order valence-corrected chi connectivity index (χ1v) is 18.5. The molecule has 0 unspecified atom stereocenters. The van der Waals surface area contributed by atoms with Crippen molar-refractivity contribution in [2.24, 2.45) is 0 Å². The molecule has 346 valence electrons. The molecule has 24 atom stereocenters. The van der Waals surface area contributed by atoms with Crippen LogP contribution in [0.15, 0.2) is 0 Å². The van der Waals surface area contributed by atoms with E-state index < -0.39 is 193 Å². The van der Waals surface area contributed by atoms with E-state index in [4.69, 9.17) is 37.9 Å². The molecule has 4 fully saturated rings. The van der Waals surface area contributed by atoms with Crippen LogP contribution in [0.4, 0.5) is 0 Å². The number of hydrogen-bond acceptors (Lipinski definition) is 26. The second-order valence-electron chi connectivity index (χ2n) is 14.5. The van der Waals surface area contributed by atoms with Crippen LogP contribution in [0.3, 0.4) is 0 Å². The molecule has 0 aliphatic carbocycles. The third-order valence-corrected chi connectivity index (χ3v) is 10.3. The lowest BCUT2D eigenvalue weighted by molar-refractivity contribution is -0.372. The maximum Gasteiger partial charge on any atom is 0.217 e. The van der Waals surface area contributed by atoms with E-state index in [9.17, 15) is 91.6 Å². The summed E-state index contributed by atoms with van der Waals surface area (Å²) in [6, 6.07) is -1.48. The first-order chi connectivity index (χ1) is 27.8. The average Bonchev–Trinajstić information content (AvgIpc) is 3.21. The number of amides is 1. The molecule has 0 aromatic rings. The van der Waals surface area contributed by atoms with Gasteiger partial charge in [-0.25, -0.2) is 0 Å². The predicted octanol–water partition coefficient (Wildman–Crippen LogP) is -12.1. The number of hydrogen-bond donors (Lipinski definition) is 18. The van der Waals surface area contributed by atoms with Crippen molar-refractivity contribution < 1.29 is 130 Å². The zero-order valence-electron chi connectivity index (χ0n) is 31.4. The third-order valence-electron chi connectivity index (χ3n) is 10.3. The van der Waals surface area contributed by atoms with E-state index in [0.717, 1.165) is 6.92 Å². The summed E-state index contributed by atoms with van der Waals surface area (Å²) in [4.78, 5) is 11.6. The Hall–Kier alpha value is -1.53. The van der Waals surface area contributed by atoms with Crippen LogP contribution in [-0.2, 0) is 42.7 Å². The fraction of sp³-hybridized carbons (Fsp3) is 0.969. The highest BCUT2D eigenvalue weighted by Gasteiger charge is 2.53. The monoisotopic (exact) mass is 871 g/mol. The SMILES string of the molecule is CC(=O)N[C@@H](CO)[C@@H](O)[C@H](O[C@@H]1O[C@H](CO[C@H]2O[C@H](CO[C@H]3O[C@H](CO)[C@@H](O)[C@H](O)[C@@H]3O)[C@@H](O)[C@H](O[C@H]3O[C@H](CO)[C@@H](O)[C@H](O)[C@@H]3O)[C@@H]2O)[C@@H](O)[C@H](O)[C@@H]1O)[C@H](O)CO. The van der Waals surface area contributed by atoms with Gasteiger partial charge in [-0.2, -0.15) is 0 Å². The fourth-order valence-electron chi connectivity index (χ4n) is 6.81. The smallest absolute Gasteiger partial charge is 0.217 e. The Morgan fingerprint density at radius 1 is 0.542 bits per heavy atom. The highest BCUT2D eigenvalue weighted by Crippen LogP contribution is 2.32. The summed E-state index contributed by atoms with van der Waals surface area (Å²) in [5.41, 5.74) is 0. The Bertz CT molecular complexity index is 1270. The molecule has 4 rings (SSSR count). The van der Waals surface area contributed by atoms with Gasteiger partial charge in [-0.1, -0.05) is 0 Å². The number of ether oxygens (including phenoxy) is 8. The van der Waals surface area contributed by atoms with Crippen molar-refractivity contribution in [3.63, 3.8) is 0 Å². The number of nitrogens with one attached hydrogen (secondary N) is 1. The lowest BCUT2D eigenvalue weighted by Crippen LogP contribution is -2.66. The predicted molar refractivity (Wildman–Crippen MR) is 180 cm³/mol. The molecule has 4 aliphatic rings. The van der Waals surface area contributed by atoms with E-state index in [2.05, 4.69) is 5.32 Å². The topological polar surface area (TPSA) is 447 Å². The number of carbonyl (C=O) groups excluding carboxylic acids is 1. The third kappa shape index (κ3) is 11.5. The van der Waals surface area contributed by atoms with Crippen LogP contribution >= 0.6 is 0 Å². The van der Waals surface area contributed by atoms with Gasteiger partial charge in [-0.3, -0.25) is 4.79 Å². The van der Waals surface area contributed by atoms with E-state index in [-0.39, 0.29) is 0 Å². The van der Waals surface area contributed by atoms with Crippen LogP contribution < -0.4 is 5.32 Å². The Morgan fingerprint density at radius 3 is 1.46 bits per heavy atom. The highest BCUT2D eigenvalue weighted by atomic mass is 16.8. The number of aliphatic hydroxyl groups is 17. The van der Waals surface area contributed by atoms with Gasteiger partial charge in [-0.05, 0) is 0 Å². The van der Waals surface area contributed by atoms with Gasteiger partial charge >= 0.3 is 0 Å². The van der Waals surface area contributed by atoms with Crippen LogP contribution in [0.2, 0.25) is 0 Å². The zero-order valence-corrected chi connectivity index (χ0v) is 31.4. The van der Waals surface area contributed by atoms with Crippen LogP contribution in [0.5, 0.6) is 0 Å². The molecular formula is C32H57NO26. The molecule has 0 spiro atoms. The van der Waals surface area contributed by atoms with Crippen molar-refractivity contribution in [3.8, 4) is 0 Å². The highest BCUT2D eigenvalue weighted by molar-refractivity contribution is 5.73. The summed E-state index contributed by atoms with van der Waals surface area (Å²) in [6.07, 6.45) is -43.5. The summed E-state index contributed by atoms with van der Waals surface area (Å²) >= 11 is 0. The Balaban J connectivity index is 1.55. The molecule has 0 bridgehead atoms. The molecule has 0 aromatic heterocycles. The molecule has 4 aliphatic heterocycles. The molecule has 27 nitrogen and oxygen atoms in total. The molecular weight excluding hydrogens is 814 g/mol. The standard InChI is InChI=1S/C32H57NO26/c1-8(38)33-9(2-34)15(40)27(10(39)3-35)58-32-25(50)22(47)18(43)13(57-32)6-53-30-26(51)28(59-31-24(49)21(46)17(42)12(5-37)55-31)19(44)14(56-30)7-52-29-23(48)20(45)16(41)11(4-36)54-29/h9-32,34-37,39-51H,2-7H2,1H3,(H,33,38)/t9-,10+,11+,12+,13+,14+,15+,16+,17+,18+,19+,20-,21-,22-,23-,24-,25-,26-,27+,28-,29-,30-,31+,32-/m0/s1. The summed E-state index contributed by atoms with van der Waals surface area (Å²) < 4.78 is 44.2. The Morgan fingerprint density at radius 2 is 0.966 bits per heavy atom. The largest absolute Gasteiger partial charge is 0.394 e. The molecule has 4 saturated heterocycles. The second-order valence-corrected chi connectivity index (χ2v) is 14.5.